The van der Waals surface area contributed by atoms with E-state index in [0.717, 1.165) is 23.8 Å². The highest BCUT2D eigenvalue weighted by atomic mass is 32.2. The molecular weight excluding hydrogens is 220 g/mol. The highest BCUT2D eigenvalue weighted by Crippen LogP contribution is 2.28. The molecule has 2 heterocycles. The molecule has 1 aromatic rings. The van der Waals surface area contributed by atoms with E-state index in [-0.39, 0.29) is 0 Å². The molecule has 2 N–H and O–H groups in total. The average molecular weight is 238 g/mol. The fourth-order valence-electron chi connectivity index (χ4n) is 1.98. The normalized spacial score (nSPS) is 25.8. The zero-order valence-corrected chi connectivity index (χ0v) is 10.6. The largest absolute Gasteiger partial charge is 0.350 e. The highest BCUT2D eigenvalue weighted by molar-refractivity contribution is 8.00. The monoisotopic (exact) mass is 238 g/mol. The predicted molar refractivity (Wildman–Crippen MR) is 68.7 cm³/mol. The Morgan fingerprint density at radius 2 is 2.19 bits per heavy atom. The van der Waals surface area contributed by atoms with Crippen molar-refractivity contribution >= 4 is 17.6 Å². The van der Waals surface area contributed by atoms with Crippen LogP contribution in [0.5, 0.6) is 0 Å². The van der Waals surface area contributed by atoms with E-state index in [1.165, 1.54) is 0 Å². The lowest BCUT2D eigenvalue weighted by atomic mass is 10.2. The lowest BCUT2D eigenvalue weighted by molar-refractivity contribution is 0.615. The van der Waals surface area contributed by atoms with Gasteiger partial charge in [0.25, 0.3) is 0 Å². The Labute approximate surface area is 101 Å². The Kier molecular flexibility index (Phi) is 3.66. The van der Waals surface area contributed by atoms with Crippen LogP contribution in [0.3, 0.4) is 0 Å². The van der Waals surface area contributed by atoms with Crippen molar-refractivity contribution in [2.45, 2.75) is 31.7 Å². The van der Waals surface area contributed by atoms with Crippen molar-refractivity contribution in [3.63, 3.8) is 0 Å². The van der Waals surface area contributed by atoms with Crippen LogP contribution < -0.4 is 10.6 Å². The number of anilines is 1. The molecule has 2 atom stereocenters. The summed E-state index contributed by atoms with van der Waals surface area (Å²) in [6.07, 6.45) is 3.45. The summed E-state index contributed by atoms with van der Waals surface area (Å²) in [7, 11) is 0. The van der Waals surface area contributed by atoms with Gasteiger partial charge in [-0.15, -0.1) is 0 Å². The van der Waals surface area contributed by atoms with Gasteiger partial charge in [0.15, 0.2) is 5.82 Å². The van der Waals surface area contributed by atoms with Crippen molar-refractivity contribution in [1.29, 1.82) is 0 Å². The summed E-state index contributed by atoms with van der Waals surface area (Å²) < 4.78 is 0. The molecule has 0 aliphatic carbocycles. The van der Waals surface area contributed by atoms with E-state index in [2.05, 4.69) is 28.7 Å². The number of rotatable bonds is 2. The van der Waals surface area contributed by atoms with Gasteiger partial charge in [0, 0.05) is 42.5 Å². The van der Waals surface area contributed by atoms with Crippen LogP contribution in [0.25, 0.3) is 0 Å². The first-order valence-electron chi connectivity index (χ1n) is 5.62. The minimum Gasteiger partial charge on any atom is -0.350 e. The van der Waals surface area contributed by atoms with Gasteiger partial charge >= 0.3 is 0 Å². The zero-order chi connectivity index (χ0) is 11.5. The smallest absolute Gasteiger partial charge is 0.151 e. The van der Waals surface area contributed by atoms with E-state index in [9.17, 15) is 0 Å². The summed E-state index contributed by atoms with van der Waals surface area (Å²) >= 11 is 2.02. The maximum atomic E-state index is 5.70. The summed E-state index contributed by atoms with van der Waals surface area (Å²) in [6.45, 7) is 5.99. The third kappa shape index (κ3) is 2.15. The number of aromatic nitrogens is 2. The van der Waals surface area contributed by atoms with E-state index in [0.29, 0.717) is 17.8 Å². The average Bonchev–Trinajstić information content (AvgIpc) is 2.33. The first kappa shape index (κ1) is 11.7. The van der Waals surface area contributed by atoms with Crippen LogP contribution in [-0.2, 0) is 6.54 Å². The number of nitrogens with zero attached hydrogens (tertiary/aromatic N) is 3. The molecule has 0 spiro atoms. The van der Waals surface area contributed by atoms with Crippen LogP contribution in [0, 0.1) is 0 Å². The third-order valence-electron chi connectivity index (χ3n) is 3.10. The summed E-state index contributed by atoms with van der Waals surface area (Å²) in [5.41, 5.74) is 6.60. The lowest BCUT2D eigenvalue weighted by Crippen LogP contribution is -2.45. The molecule has 1 fully saturated rings. The zero-order valence-electron chi connectivity index (χ0n) is 9.76. The molecule has 88 valence electrons. The highest BCUT2D eigenvalue weighted by Gasteiger charge is 2.27. The summed E-state index contributed by atoms with van der Waals surface area (Å²) in [4.78, 5) is 11.1. The van der Waals surface area contributed by atoms with Crippen molar-refractivity contribution in [3.8, 4) is 0 Å². The first-order valence-corrected chi connectivity index (χ1v) is 6.67. The number of hydrogen-bond donors (Lipinski definition) is 1. The van der Waals surface area contributed by atoms with Gasteiger partial charge in [-0.05, 0) is 6.92 Å². The molecule has 0 bridgehead atoms. The quantitative estimate of drug-likeness (QED) is 0.841. The first-order chi connectivity index (χ1) is 7.74. The van der Waals surface area contributed by atoms with E-state index in [1.54, 1.807) is 12.4 Å². The molecule has 4 nitrogen and oxygen atoms in total. The maximum Gasteiger partial charge on any atom is 0.151 e. The molecule has 2 rings (SSSR count). The molecule has 5 heteroatoms. The van der Waals surface area contributed by atoms with Gasteiger partial charge in [-0.25, -0.2) is 4.98 Å². The van der Waals surface area contributed by atoms with E-state index < -0.39 is 0 Å². The molecule has 0 radical (unpaired) electrons. The Balaban J connectivity index is 2.28. The fourth-order valence-corrected chi connectivity index (χ4v) is 3.07. The molecule has 1 saturated heterocycles. The summed E-state index contributed by atoms with van der Waals surface area (Å²) in [5, 5.41) is 0.626. The standard InChI is InChI=1S/C11H18N4S/c1-8-9(2)16-6-5-15(8)11-10(7-12)13-3-4-14-11/h3-4,8-9H,5-7,12H2,1-2H3. The topological polar surface area (TPSA) is 55.0 Å². The number of thioether (sulfide) groups is 1. The molecule has 2 unspecified atom stereocenters. The third-order valence-corrected chi connectivity index (χ3v) is 4.44. The van der Waals surface area contributed by atoms with E-state index in [4.69, 9.17) is 5.73 Å². The van der Waals surface area contributed by atoms with Gasteiger partial charge in [0.2, 0.25) is 0 Å². The Hall–Kier alpha value is -0.810. The predicted octanol–water partition coefficient (Wildman–Crippen LogP) is 1.27. The number of nitrogens with two attached hydrogens (primary N) is 1. The Morgan fingerprint density at radius 3 is 2.94 bits per heavy atom. The molecule has 0 saturated carbocycles. The van der Waals surface area contributed by atoms with Crippen LogP contribution in [0.15, 0.2) is 12.4 Å². The molecule has 16 heavy (non-hydrogen) atoms. The Bertz CT molecular complexity index is 358. The molecule has 1 aliphatic rings. The van der Waals surface area contributed by atoms with Gasteiger partial charge in [-0.2, -0.15) is 11.8 Å². The van der Waals surface area contributed by atoms with Crippen molar-refractivity contribution in [2.75, 3.05) is 17.2 Å². The maximum absolute atomic E-state index is 5.70. The molecule has 0 amide bonds. The van der Waals surface area contributed by atoms with Gasteiger partial charge < -0.3 is 10.6 Å². The van der Waals surface area contributed by atoms with E-state index >= 15 is 0 Å². The van der Waals surface area contributed by atoms with Crippen LogP contribution in [-0.4, -0.2) is 33.6 Å². The lowest BCUT2D eigenvalue weighted by Gasteiger charge is -2.38. The van der Waals surface area contributed by atoms with Gasteiger partial charge in [-0.1, -0.05) is 6.92 Å². The summed E-state index contributed by atoms with van der Waals surface area (Å²) in [6, 6.07) is 0.487. The number of hydrogen-bond acceptors (Lipinski definition) is 5. The van der Waals surface area contributed by atoms with Gasteiger partial charge in [0.1, 0.15) is 0 Å². The second-order valence-corrected chi connectivity index (χ2v) is 5.53. The van der Waals surface area contributed by atoms with Crippen LogP contribution in [0.4, 0.5) is 5.82 Å². The molecule has 0 aromatic carbocycles. The van der Waals surface area contributed by atoms with Crippen molar-refractivity contribution < 1.29 is 0 Å². The molecule has 1 aliphatic heterocycles. The van der Waals surface area contributed by atoms with Gasteiger partial charge in [0.05, 0.1) is 5.69 Å². The minimum absolute atomic E-state index is 0.452. The van der Waals surface area contributed by atoms with Crippen molar-refractivity contribution in [3.05, 3.63) is 18.1 Å². The van der Waals surface area contributed by atoms with Gasteiger partial charge in [-0.3, -0.25) is 4.98 Å². The Morgan fingerprint density at radius 1 is 1.44 bits per heavy atom. The van der Waals surface area contributed by atoms with Crippen LogP contribution >= 0.6 is 11.8 Å². The molecule has 1 aromatic heterocycles. The minimum atomic E-state index is 0.452. The SMILES string of the molecule is CC1SCCN(c2nccnc2CN)C1C. The van der Waals surface area contributed by atoms with E-state index in [1.807, 2.05) is 11.8 Å². The van der Waals surface area contributed by atoms with Crippen molar-refractivity contribution in [1.82, 2.24) is 9.97 Å². The van der Waals surface area contributed by atoms with Crippen LogP contribution in [0.2, 0.25) is 0 Å². The second-order valence-electron chi connectivity index (χ2n) is 4.04. The molecular formula is C11H18N4S. The fraction of sp³-hybridized carbons (Fsp3) is 0.636. The summed E-state index contributed by atoms with van der Waals surface area (Å²) in [5.74, 6) is 2.11. The second kappa shape index (κ2) is 5.01. The van der Waals surface area contributed by atoms with Crippen LogP contribution in [0.1, 0.15) is 19.5 Å². The van der Waals surface area contributed by atoms with Crippen molar-refractivity contribution in [2.24, 2.45) is 5.73 Å².